The molecule has 4 nitrogen and oxygen atoms in total. The highest BCUT2D eigenvalue weighted by atomic mass is 127. The van der Waals surface area contributed by atoms with E-state index < -0.39 is 5.63 Å². The Kier molecular flexibility index (Phi) is 4.03. The van der Waals surface area contributed by atoms with Gasteiger partial charge >= 0.3 is 5.63 Å². The molecular formula is C12H7ClINO3. The van der Waals surface area contributed by atoms with Crippen molar-refractivity contribution in [2.45, 2.75) is 0 Å². The number of nitrogens with one attached hydrogen (secondary N) is 1. The summed E-state index contributed by atoms with van der Waals surface area (Å²) in [5.41, 5.74) is 0.434. The number of rotatable bonds is 2. The molecular weight excluding hydrogens is 368 g/mol. The lowest BCUT2D eigenvalue weighted by molar-refractivity contribution is 0.102. The van der Waals surface area contributed by atoms with Crippen LogP contribution in [0.5, 0.6) is 0 Å². The van der Waals surface area contributed by atoms with Gasteiger partial charge in [0.2, 0.25) is 0 Å². The quantitative estimate of drug-likeness (QED) is 0.821. The summed E-state index contributed by atoms with van der Waals surface area (Å²) in [6, 6.07) is 7.74. The molecule has 92 valence electrons. The van der Waals surface area contributed by atoms with Crippen molar-refractivity contribution >= 4 is 45.8 Å². The van der Waals surface area contributed by atoms with E-state index in [0.29, 0.717) is 10.7 Å². The minimum atomic E-state index is -0.493. The van der Waals surface area contributed by atoms with Crippen molar-refractivity contribution in [3.05, 3.63) is 61.2 Å². The first-order valence-corrected chi connectivity index (χ1v) is 6.37. The van der Waals surface area contributed by atoms with Crippen molar-refractivity contribution in [3.8, 4) is 0 Å². The Morgan fingerprint density at radius 1 is 1.28 bits per heavy atom. The van der Waals surface area contributed by atoms with Gasteiger partial charge in [0.05, 0.1) is 11.3 Å². The zero-order valence-electron chi connectivity index (χ0n) is 8.94. The molecule has 0 fully saturated rings. The van der Waals surface area contributed by atoms with Crippen LogP contribution in [0.3, 0.4) is 0 Å². The van der Waals surface area contributed by atoms with Crippen LogP contribution >= 0.6 is 34.2 Å². The Hall–Kier alpha value is -1.34. The van der Waals surface area contributed by atoms with Crippen molar-refractivity contribution in [1.82, 2.24) is 0 Å². The molecule has 0 aliphatic rings. The number of hydrogen-bond donors (Lipinski definition) is 1. The van der Waals surface area contributed by atoms with Crippen LogP contribution in [-0.4, -0.2) is 5.91 Å². The standard InChI is InChI=1S/C12H7ClINO3/c13-8-2-3-10(9(14)5-8)15-12(17)7-1-4-11(16)18-6-7/h1-6H,(H,15,17). The number of amides is 1. The summed E-state index contributed by atoms with van der Waals surface area (Å²) in [6.07, 6.45) is 1.13. The lowest BCUT2D eigenvalue weighted by atomic mass is 10.2. The molecule has 1 N–H and O–H groups in total. The molecule has 0 bridgehead atoms. The lowest BCUT2D eigenvalue weighted by Crippen LogP contribution is -2.13. The van der Waals surface area contributed by atoms with E-state index in [9.17, 15) is 9.59 Å². The van der Waals surface area contributed by atoms with Crippen LogP contribution in [-0.2, 0) is 0 Å². The summed E-state index contributed by atoms with van der Waals surface area (Å²) in [6.45, 7) is 0. The van der Waals surface area contributed by atoms with E-state index in [4.69, 9.17) is 11.6 Å². The predicted molar refractivity (Wildman–Crippen MR) is 77.1 cm³/mol. The molecule has 1 aromatic carbocycles. The molecule has 0 atom stereocenters. The minimum Gasteiger partial charge on any atom is -0.430 e. The van der Waals surface area contributed by atoms with E-state index in [1.807, 2.05) is 0 Å². The second-order valence-electron chi connectivity index (χ2n) is 3.42. The lowest BCUT2D eigenvalue weighted by Gasteiger charge is -2.07. The maximum Gasteiger partial charge on any atom is 0.335 e. The van der Waals surface area contributed by atoms with Crippen LogP contribution < -0.4 is 10.9 Å². The van der Waals surface area contributed by atoms with Gasteiger partial charge in [0, 0.05) is 14.7 Å². The SMILES string of the molecule is O=C(Nc1ccc(Cl)cc1I)c1ccc(=O)oc1. The summed E-state index contributed by atoms with van der Waals surface area (Å²) in [4.78, 5) is 22.6. The average Bonchev–Trinajstić information content (AvgIpc) is 2.33. The van der Waals surface area contributed by atoms with E-state index >= 15 is 0 Å². The highest BCUT2D eigenvalue weighted by Gasteiger charge is 2.09. The molecule has 2 rings (SSSR count). The van der Waals surface area contributed by atoms with Gasteiger partial charge in [0.1, 0.15) is 6.26 Å². The average molecular weight is 376 g/mol. The Balaban J connectivity index is 2.21. The van der Waals surface area contributed by atoms with Crippen LogP contribution in [0.4, 0.5) is 5.69 Å². The molecule has 0 aliphatic heterocycles. The number of benzene rings is 1. The fraction of sp³-hybridized carbons (Fsp3) is 0. The van der Waals surface area contributed by atoms with Crippen molar-refractivity contribution in [1.29, 1.82) is 0 Å². The first-order valence-electron chi connectivity index (χ1n) is 4.91. The van der Waals surface area contributed by atoms with Crippen molar-refractivity contribution < 1.29 is 9.21 Å². The summed E-state index contributed by atoms with van der Waals surface area (Å²) in [7, 11) is 0. The Morgan fingerprint density at radius 2 is 2.06 bits per heavy atom. The monoisotopic (exact) mass is 375 g/mol. The van der Waals surface area contributed by atoms with Gasteiger partial charge in [-0.2, -0.15) is 0 Å². The van der Waals surface area contributed by atoms with Crippen molar-refractivity contribution in [2.24, 2.45) is 0 Å². The number of halogens is 2. The van der Waals surface area contributed by atoms with E-state index in [2.05, 4.69) is 32.3 Å². The molecule has 0 spiro atoms. The molecule has 1 heterocycles. The third kappa shape index (κ3) is 3.11. The summed E-state index contributed by atoms with van der Waals surface area (Å²) in [5.74, 6) is -0.348. The van der Waals surface area contributed by atoms with Crippen LogP contribution in [0.1, 0.15) is 10.4 Å². The maximum absolute atomic E-state index is 11.9. The Bertz CT molecular complexity index is 634. The summed E-state index contributed by atoms with van der Waals surface area (Å²) in [5, 5.41) is 3.31. The zero-order valence-corrected chi connectivity index (χ0v) is 11.9. The third-order valence-corrected chi connectivity index (χ3v) is 3.27. The van der Waals surface area contributed by atoms with Gasteiger partial charge in [0.15, 0.2) is 0 Å². The first-order chi connectivity index (χ1) is 8.56. The normalized spacial score (nSPS) is 10.1. The number of anilines is 1. The number of carbonyl (C=O) groups is 1. The predicted octanol–water partition coefficient (Wildman–Crippen LogP) is 3.15. The minimum absolute atomic E-state index is 0.278. The van der Waals surface area contributed by atoms with Gasteiger partial charge < -0.3 is 9.73 Å². The molecule has 6 heteroatoms. The first kappa shape index (κ1) is 13.1. The van der Waals surface area contributed by atoms with Gasteiger partial charge in [0.25, 0.3) is 5.91 Å². The molecule has 0 aliphatic carbocycles. The van der Waals surface area contributed by atoms with Gasteiger partial charge in [-0.25, -0.2) is 4.79 Å². The van der Waals surface area contributed by atoms with E-state index in [1.54, 1.807) is 18.2 Å². The molecule has 0 saturated carbocycles. The van der Waals surface area contributed by atoms with Crippen LogP contribution in [0.15, 0.2) is 45.8 Å². The van der Waals surface area contributed by atoms with Gasteiger partial charge in [-0.3, -0.25) is 4.79 Å². The Morgan fingerprint density at radius 3 is 2.67 bits per heavy atom. The second-order valence-corrected chi connectivity index (χ2v) is 5.02. The highest BCUT2D eigenvalue weighted by Crippen LogP contribution is 2.22. The molecule has 18 heavy (non-hydrogen) atoms. The summed E-state index contributed by atoms with van der Waals surface area (Å²) >= 11 is 7.89. The van der Waals surface area contributed by atoms with Crippen LogP contribution in [0.25, 0.3) is 0 Å². The van der Waals surface area contributed by atoms with E-state index in [1.165, 1.54) is 12.1 Å². The molecule has 0 radical (unpaired) electrons. The second kappa shape index (κ2) is 5.53. The molecule has 0 unspecified atom stereocenters. The van der Waals surface area contributed by atoms with Gasteiger partial charge in [-0.1, -0.05) is 11.6 Å². The van der Waals surface area contributed by atoms with Crippen molar-refractivity contribution in [2.75, 3.05) is 5.32 Å². The number of hydrogen-bond acceptors (Lipinski definition) is 3. The van der Waals surface area contributed by atoms with Gasteiger partial charge in [-0.05, 0) is 46.9 Å². The molecule has 2 aromatic rings. The van der Waals surface area contributed by atoms with Crippen LogP contribution in [0.2, 0.25) is 5.02 Å². The topological polar surface area (TPSA) is 59.3 Å². The van der Waals surface area contributed by atoms with Crippen LogP contribution in [0, 0.1) is 3.57 Å². The Labute approximate surface area is 121 Å². The molecule has 0 saturated heterocycles. The van der Waals surface area contributed by atoms with Gasteiger partial charge in [-0.15, -0.1) is 0 Å². The zero-order chi connectivity index (χ0) is 13.1. The molecule has 1 amide bonds. The largest absolute Gasteiger partial charge is 0.430 e. The fourth-order valence-corrected chi connectivity index (χ4v) is 2.28. The third-order valence-electron chi connectivity index (χ3n) is 2.14. The molecule has 1 aromatic heterocycles. The highest BCUT2D eigenvalue weighted by molar-refractivity contribution is 14.1. The maximum atomic E-state index is 11.9. The smallest absolute Gasteiger partial charge is 0.335 e. The van der Waals surface area contributed by atoms with E-state index in [0.717, 1.165) is 9.83 Å². The fourth-order valence-electron chi connectivity index (χ4n) is 1.27. The summed E-state index contributed by atoms with van der Waals surface area (Å²) < 4.78 is 5.45. The number of carbonyl (C=O) groups excluding carboxylic acids is 1. The van der Waals surface area contributed by atoms with E-state index in [-0.39, 0.29) is 11.5 Å². The van der Waals surface area contributed by atoms with Crippen molar-refractivity contribution in [3.63, 3.8) is 0 Å².